The number of tetrazole rings is 1. The number of halogens is 1. The number of ether oxygens (including phenoxy) is 1. The summed E-state index contributed by atoms with van der Waals surface area (Å²) in [7, 11) is 0. The minimum Gasteiger partial charge on any atom is -0.463 e. The standard InChI is InChI=1S/C16H16ClN5O3S/c1-2-25-15(24)9-14-21(13(23)10-26-14)7-8-22-19-16(18-20-22)11-5-3-4-6-12(11)17/h3-6,9H,2,7-8,10H2,1H3/b14-9-. The Labute approximate surface area is 159 Å². The van der Waals surface area contributed by atoms with E-state index in [1.165, 1.54) is 27.5 Å². The summed E-state index contributed by atoms with van der Waals surface area (Å²) in [5, 5.41) is 13.4. The van der Waals surface area contributed by atoms with E-state index in [2.05, 4.69) is 15.4 Å². The molecule has 0 unspecified atom stereocenters. The van der Waals surface area contributed by atoms with Gasteiger partial charge < -0.3 is 9.64 Å². The molecule has 1 aromatic carbocycles. The normalized spacial score (nSPS) is 15.7. The third-order valence-corrected chi connectivity index (χ3v) is 4.88. The lowest BCUT2D eigenvalue weighted by atomic mass is 10.2. The molecule has 136 valence electrons. The molecule has 1 aliphatic heterocycles. The zero-order valence-corrected chi connectivity index (χ0v) is 15.5. The lowest BCUT2D eigenvalue weighted by Crippen LogP contribution is -2.29. The minimum atomic E-state index is -0.463. The van der Waals surface area contributed by atoms with Crippen molar-refractivity contribution in [3.8, 4) is 11.4 Å². The van der Waals surface area contributed by atoms with Crippen LogP contribution in [0.5, 0.6) is 0 Å². The van der Waals surface area contributed by atoms with Crippen molar-refractivity contribution in [1.29, 1.82) is 0 Å². The van der Waals surface area contributed by atoms with Crippen LogP contribution < -0.4 is 0 Å². The zero-order valence-electron chi connectivity index (χ0n) is 14.0. The first-order valence-electron chi connectivity index (χ1n) is 7.93. The van der Waals surface area contributed by atoms with Gasteiger partial charge in [0, 0.05) is 12.1 Å². The number of esters is 1. The van der Waals surface area contributed by atoms with Gasteiger partial charge in [0.05, 0.1) is 35.0 Å². The summed E-state index contributed by atoms with van der Waals surface area (Å²) in [5.41, 5.74) is 0.691. The lowest BCUT2D eigenvalue weighted by molar-refractivity contribution is -0.137. The van der Waals surface area contributed by atoms with Crippen LogP contribution in [0.4, 0.5) is 0 Å². The van der Waals surface area contributed by atoms with Crippen LogP contribution in [0.1, 0.15) is 6.92 Å². The van der Waals surface area contributed by atoms with Crippen LogP contribution in [0.25, 0.3) is 11.4 Å². The number of rotatable bonds is 6. The molecule has 0 atom stereocenters. The lowest BCUT2D eigenvalue weighted by Gasteiger charge is -2.16. The highest BCUT2D eigenvalue weighted by Gasteiger charge is 2.27. The molecular formula is C16H16ClN5O3S. The predicted molar refractivity (Wildman–Crippen MR) is 97.2 cm³/mol. The molecule has 0 N–H and O–H groups in total. The van der Waals surface area contributed by atoms with Crippen molar-refractivity contribution >= 4 is 35.2 Å². The Morgan fingerprint density at radius 3 is 2.96 bits per heavy atom. The number of aromatic nitrogens is 4. The summed E-state index contributed by atoms with van der Waals surface area (Å²) < 4.78 is 4.89. The fourth-order valence-electron chi connectivity index (χ4n) is 2.33. The van der Waals surface area contributed by atoms with E-state index in [9.17, 15) is 9.59 Å². The Hall–Kier alpha value is -2.39. The molecule has 3 rings (SSSR count). The molecule has 2 aromatic rings. The van der Waals surface area contributed by atoms with E-state index < -0.39 is 5.97 Å². The van der Waals surface area contributed by atoms with Gasteiger partial charge in [0.2, 0.25) is 11.7 Å². The predicted octanol–water partition coefficient (Wildman–Crippen LogP) is 1.97. The molecule has 1 saturated heterocycles. The summed E-state index contributed by atoms with van der Waals surface area (Å²) >= 11 is 7.44. The van der Waals surface area contributed by atoms with E-state index in [1.54, 1.807) is 13.0 Å². The monoisotopic (exact) mass is 393 g/mol. The highest BCUT2D eigenvalue weighted by molar-refractivity contribution is 8.04. The van der Waals surface area contributed by atoms with Gasteiger partial charge in [-0.3, -0.25) is 4.79 Å². The molecule has 1 aromatic heterocycles. The number of carbonyl (C=O) groups excluding carboxylic acids is 2. The van der Waals surface area contributed by atoms with E-state index in [1.807, 2.05) is 18.2 Å². The van der Waals surface area contributed by atoms with Crippen LogP contribution in [-0.2, 0) is 20.9 Å². The van der Waals surface area contributed by atoms with Crippen LogP contribution in [0.3, 0.4) is 0 Å². The van der Waals surface area contributed by atoms with Crippen LogP contribution in [0.15, 0.2) is 35.4 Å². The molecule has 0 radical (unpaired) electrons. The van der Waals surface area contributed by atoms with Crippen LogP contribution in [0, 0.1) is 0 Å². The van der Waals surface area contributed by atoms with Crippen molar-refractivity contribution in [2.24, 2.45) is 0 Å². The van der Waals surface area contributed by atoms with Gasteiger partial charge in [-0.2, -0.15) is 4.80 Å². The first-order chi connectivity index (χ1) is 12.6. The Kier molecular flexibility index (Phi) is 5.89. The largest absolute Gasteiger partial charge is 0.463 e. The van der Waals surface area contributed by atoms with Crippen LogP contribution >= 0.6 is 23.4 Å². The number of nitrogens with zero attached hydrogens (tertiary/aromatic N) is 5. The first-order valence-corrected chi connectivity index (χ1v) is 9.29. The zero-order chi connectivity index (χ0) is 18.5. The third-order valence-electron chi connectivity index (χ3n) is 3.53. The van der Waals surface area contributed by atoms with Crippen molar-refractivity contribution in [3.63, 3.8) is 0 Å². The second-order valence-corrected chi connectivity index (χ2v) is 6.66. The fourth-order valence-corrected chi connectivity index (χ4v) is 3.51. The van der Waals surface area contributed by atoms with Crippen molar-refractivity contribution < 1.29 is 14.3 Å². The molecule has 26 heavy (non-hydrogen) atoms. The van der Waals surface area contributed by atoms with Gasteiger partial charge in [0.1, 0.15) is 0 Å². The molecule has 1 fully saturated rings. The van der Waals surface area contributed by atoms with Crippen LogP contribution in [0.2, 0.25) is 5.02 Å². The maximum absolute atomic E-state index is 12.0. The number of thioether (sulfide) groups is 1. The van der Waals surface area contributed by atoms with Crippen molar-refractivity contribution in [2.75, 3.05) is 18.9 Å². The molecular weight excluding hydrogens is 378 g/mol. The average Bonchev–Trinajstić information content (AvgIpc) is 3.21. The summed E-state index contributed by atoms with van der Waals surface area (Å²) in [6.45, 7) is 2.68. The quantitative estimate of drug-likeness (QED) is 0.547. The Morgan fingerprint density at radius 2 is 2.19 bits per heavy atom. The summed E-state index contributed by atoms with van der Waals surface area (Å²) in [6, 6.07) is 7.23. The molecule has 1 amide bonds. The molecule has 0 aliphatic carbocycles. The van der Waals surface area contributed by atoms with Crippen molar-refractivity contribution in [3.05, 3.63) is 40.4 Å². The van der Waals surface area contributed by atoms with Gasteiger partial charge in [-0.05, 0) is 24.3 Å². The van der Waals surface area contributed by atoms with Gasteiger partial charge in [-0.1, -0.05) is 35.5 Å². The molecule has 1 aliphatic rings. The number of amides is 1. The van der Waals surface area contributed by atoms with Gasteiger partial charge in [-0.25, -0.2) is 4.79 Å². The highest BCUT2D eigenvalue weighted by Crippen LogP contribution is 2.28. The Morgan fingerprint density at radius 1 is 1.38 bits per heavy atom. The Bertz CT molecular complexity index is 854. The Balaban J connectivity index is 1.67. The number of hydrogen-bond acceptors (Lipinski definition) is 7. The summed E-state index contributed by atoms with van der Waals surface area (Å²) in [4.78, 5) is 26.6. The van der Waals surface area contributed by atoms with Crippen molar-refractivity contribution in [2.45, 2.75) is 13.5 Å². The summed E-state index contributed by atoms with van der Waals surface area (Å²) in [6.07, 6.45) is 1.34. The van der Waals surface area contributed by atoms with Gasteiger partial charge >= 0.3 is 5.97 Å². The summed E-state index contributed by atoms with van der Waals surface area (Å²) in [5.74, 6) is 0.174. The molecule has 0 saturated carbocycles. The molecule has 0 bridgehead atoms. The van der Waals surface area contributed by atoms with E-state index in [4.69, 9.17) is 16.3 Å². The average molecular weight is 394 g/mol. The minimum absolute atomic E-state index is 0.0722. The molecule has 2 heterocycles. The maximum atomic E-state index is 12.0. The first kappa shape index (κ1) is 18.4. The smallest absolute Gasteiger partial charge is 0.333 e. The van der Waals surface area contributed by atoms with Crippen LogP contribution in [-0.4, -0.2) is 55.9 Å². The van der Waals surface area contributed by atoms with E-state index in [0.717, 1.165) is 0 Å². The number of benzene rings is 1. The van der Waals surface area contributed by atoms with Crippen molar-refractivity contribution in [1.82, 2.24) is 25.1 Å². The van der Waals surface area contributed by atoms with E-state index in [0.29, 0.717) is 40.3 Å². The number of carbonyl (C=O) groups is 2. The molecule has 0 spiro atoms. The van der Waals surface area contributed by atoms with Gasteiger partial charge in [0.25, 0.3) is 0 Å². The highest BCUT2D eigenvalue weighted by atomic mass is 35.5. The van der Waals surface area contributed by atoms with Gasteiger partial charge in [0.15, 0.2) is 0 Å². The number of hydrogen-bond donors (Lipinski definition) is 0. The second kappa shape index (κ2) is 8.33. The topological polar surface area (TPSA) is 90.2 Å². The SMILES string of the molecule is CCOC(=O)/C=C1\SCC(=O)N1CCn1nnc(-c2ccccc2Cl)n1. The maximum Gasteiger partial charge on any atom is 0.333 e. The third kappa shape index (κ3) is 4.23. The van der Waals surface area contributed by atoms with E-state index in [-0.39, 0.29) is 12.5 Å². The molecule has 10 heteroatoms. The van der Waals surface area contributed by atoms with E-state index >= 15 is 0 Å². The molecule has 8 nitrogen and oxygen atoms in total. The fraction of sp³-hybridized carbons (Fsp3) is 0.312. The van der Waals surface area contributed by atoms with Gasteiger partial charge in [-0.15, -0.1) is 10.2 Å². The second-order valence-electron chi connectivity index (χ2n) is 5.26.